The Morgan fingerprint density at radius 3 is 2.66 bits per heavy atom. The molecule has 0 fully saturated rings. The van der Waals surface area contributed by atoms with Gasteiger partial charge in [0, 0.05) is 17.4 Å². The summed E-state index contributed by atoms with van der Waals surface area (Å²) in [6.07, 6.45) is -2.58. The van der Waals surface area contributed by atoms with Crippen molar-refractivity contribution in [1.82, 2.24) is 14.6 Å². The average molecular weight is 445 g/mol. The standard InChI is InChI=1S/C17H12ClF3N4O3S/c1-2-29(27,28)14-13-6-10(18)3-4-25(13)23-15(14)24-8-12-11(16(24)26)5-9(7-22-12)17(19,20)21/h3-7H,2,8H2,1H3. The number of hydrogen-bond donors (Lipinski definition) is 0. The highest BCUT2D eigenvalue weighted by Crippen LogP contribution is 2.37. The second kappa shape index (κ2) is 6.42. The molecule has 3 aromatic heterocycles. The van der Waals surface area contributed by atoms with Gasteiger partial charge in [0.1, 0.15) is 4.90 Å². The maximum absolute atomic E-state index is 13.0. The van der Waals surface area contributed by atoms with Crippen molar-refractivity contribution >= 4 is 38.7 Å². The van der Waals surface area contributed by atoms with Gasteiger partial charge >= 0.3 is 6.18 Å². The van der Waals surface area contributed by atoms with E-state index in [0.717, 1.165) is 4.90 Å². The topological polar surface area (TPSA) is 84.6 Å². The highest BCUT2D eigenvalue weighted by Gasteiger charge is 2.39. The highest BCUT2D eigenvalue weighted by atomic mass is 35.5. The Morgan fingerprint density at radius 1 is 1.28 bits per heavy atom. The third-order valence-electron chi connectivity index (χ3n) is 4.56. The molecule has 0 bridgehead atoms. The normalized spacial score (nSPS) is 14.7. The molecule has 1 aliphatic heterocycles. The molecule has 0 aromatic carbocycles. The molecule has 0 aliphatic carbocycles. The summed E-state index contributed by atoms with van der Waals surface area (Å²) in [6, 6.07) is 3.60. The Labute approximate surface area is 167 Å². The molecule has 0 saturated carbocycles. The fourth-order valence-electron chi connectivity index (χ4n) is 3.10. The van der Waals surface area contributed by atoms with Gasteiger partial charge in [0.2, 0.25) is 0 Å². The molecule has 12 heteroatoms. The number of sulfone groups is 1. The Morgan fingerprint density at radius 2 is 2.00 bits per heavy atom. The largest absolute Gasteiger partial charge is 0.417 e. The summed E-state index contributed by atoms with van der Waals surface area (Å²) in [5, 5.41) is 4.46. The first-order valence-electron chi connectivity index (χ1n) is 8.31. The molecule has 3 aromatic rings. The molecule has 29 heavy (non-hydrogen) atoms. The quantitative estimate of drug-likeness (QED) is 0.618. The molecular weight excluding hydrogens is 433 g/mol. The van der Waals surface area contributed by atoms with E-state index in [4.69, 9.17) is 11.6 Å². The number of fused-ring (bicyclic) bond motifs is 2. The first kappa shape index (κ1) is 19.6. The number of rotatable bonds is 3. The Bertz CT molecular complexity index is 1270. The van der Waals surface area contributed by atoms with E-state index < -0.39 is 27.5 Å². The molecule has 4 rings (SSSR count). The smallest absolute Gasteiger partial charge is 0.284 e. The van der Waals surface area contributed by atoms with Gasteiger partial charge in [-0.25, -0.2) is 12.9 Å². The lowest BCUT2D eigenvalue weighted by Gasteiger charge is -2.14. The zero-order valence-corrected chi connectivity index (χ0v) is 16.3. The van der Waals surface area contributed by atoms with E-state index in [1.54, 1.807) is 0 Å². The van der Waals surface area contributed by atoms with Gasteiger partial charge < -0.3 is 0 Å². The minimum Gasteiger partial charge on any atom is -0.284 e. The molecule has 0 saturated heterocycles. The lowest BCUT2D eigenvalue weighted by molar-refractivity contribution is -0.137. The average Bonchev–Trinajstić information content (AvgIpc) is 3.18. The predicted molar refractivity (Wildman–Crippen MR) is 97.7 cm³/mol. The fourth-order valence-corrected chi connectivity index (χ4v) is 4.45. The minimum atomic E-state index is -4.66. The van der Waals surface area contributed by atoms with Gasteiger partial charge in [-0.2, -0.15) is 13.2 Å². The summed E-state index contributed by atoms with van der Waals surface area (Å²) in [7, 11) is -3.84. The number of halogens is 4. The molecular formula is C17H12ClF3N4O3S. The highest BCUT2D eigenvalue weighted by molar-refractivity contribution is 7.91. The van der Waals surface area contributed by atoms with Gasteiger partial charge in [-0.1, -0.05) is 18.5 Å². The second-order valence-electron chi connectivity index (χ2n) is 6.34. The monoisotopic (exact) mass is 444 g/mol. The number of aromatic nitrogens is 3. The molecule has 1 aliphatic rings. The van der Waals surface area contributed by atoms with Gasteiger partial charge in [-0.05, 0) is 18.2 Å². The van der Waals surface area contributed by atoms with E-state index in [0.29, 0.717) is 12.3 Å². The van der Waals surface area contributed by atoms with Crippen molar-refractivity contribution in [3.05, 3.63) is 52.4 Å². The van der Waals surface area contributed by atoms with Crippen LogP contribution in [0.15, 0.2) is 35.5 Å². The summed E-state index contributed by atoms with van der Waals surface area (Å²) in [4.78, 5) is 17.4. The maximum Gasteiger partial charge on any atom is 0.417 e. The van der Waals surface area contributed by atoms with Crippen molar-refractivity contribution < 1.29 is 26.4 Å². The molecule has 0 spiro atoms. The summed E-state index contributed by atoms with van der Waals surface area (Å²) >= 11 is 5.98. The van der Waals surface area contributed by atoms with Crippen LogP contribution in [0.3, 0.4) is 0 Å². The molecule has 0 radical (unpaired) electrons. The summed E-state index contributed by atoms with van der Waals surface area (Å²) < 4.78 is 65.6. The number of hydrogen-bond acceptors (Lipinski definition) is 5. The van der Waals surface area contributed by atoms with Gasteiger partial charge in [-0.15, -0.1) is 5.10 Å². The first-order valence-corrected chi connectivity index (χ1v) is 10.3. The number of pyridine rings is 2. The lowest BCUT2D eigenvalue weighted by atomic mass is 10.1. The van der Waals surface area contributed by atoms with Gasteiger partial charge in [0.15, 0.2) is 15.7 Å². The minimum absolute atomic E-state index is 0.109. The molecule has 1 amide bonds. The summed E-state index contributed by atoms with van der Waals surface area (Å²) in [6.45, 7) is 1.24. The van der Waals surface area contributed by atoms with E-state index in [1.165, 1.54) is 29.8 Å². The molecule has 0 unspecified atom stereocenters. The molecule has 0 N–H and O–H groups in total. The number of carbonyl (C=O) groups excluding carboxylic acids is 1. The molecule has 152 valence electrons. The van der Waals surface area contributed by atoms with E-state index in [1.807, 2.05) is 0 Å². The Kier molecular flexibility index (Phi) is 4.35. The zero-order valence-electron chi connectivity index (χ0n) is 14.7. The van der Waals surface area contributed by atoms with Crippen LogP contribution in [0, 0.1) is 0 Å². The number of nitrogens with zero attached hydrogens (tertiary/aromatic N) is 4. The van der Waals surface area contributed by atoms with E-state index >= 15 is 0 Å². The summed E-state index contributed by atoms with van der Waals surface area (Å²) in [5.41, 5.74) is -1.02. The van der Waals surface area contributed by atoms with Gasteiger partial charge in [0.25, 0.3) is 5.91 Å². The van der Waals surface area contributed by atoms with E-state index in [2.05, 4.69) is 10.1 Å². The first-order chi connectivity index (χ1) is 13.5. The molecule has 0 atom stereocenters. The van der Waals surface area contributed by atoms with E-state index in [9.17, 15) is 26.4 Å². The lowest BCUT2D eigenvalue weighted by Crippen LogP contribution is -2.25. The van der Waals surface area contributed by atoms with Crippen molar-refractivity contribution in [2.24, 2.45) is 0 Å². The number of alkyl halides is 3. The third kappa shape index (κ3) is 3.14. The van der Waals surface area contributed by atoms with Crippen LogP contribution in [0.25, 0.3) is 5.52 Å². The SMILES string of the molecule is CCS(=O)(=O)c1c(N2Cc3ncc(C(F)(F)F)cc3C2=O)nn2ccc(Cl)cc12. The second-order valence-corrected chi connectivity index (χ2v) is 8.99. The van der Waals surface area contributed by atoms with E-state index in [-0.39, 0.29) is 44.8 Å². The number of carbonyl (C=O) groups is 1. The molecule has 7 nitrogen and oxygen atoms in total. The van der Waals surface area contributed by atoms with Crippen LogP contribution in [-0.4, -0.2) is 34.7 Å². The van der Waals surface area contributed by atoms with Crippen LogP contribution >= 0.6 is 11.6 Å². The van der Waals surface area contributed by atoms with Crippen molar-refractivity contribution in [2.45, 2.75) is 24.5 Å². The fraction of sp³-hybridized carbons (Fsp3) is 0.235. The van der Waals surface area contributed by atoms with Crippen LogP contribution in [0.1, 0.15) is 28.5 Å². The third-order valence-corrected chi connectivity index (χ3v) is 6.57. The molecule has 4 heterocycles. The Balaban J connectivity index is 1.90. The zero-order chi connectivity index (χ0) is 21.1. The van der Waals surface area contributed by atoms with Crippen molar-refractivity contribution in [3.8, 4) is 0 Å². The van der Waals surface area contributed by atoms with Crippen molar-refractivity contribution in [2.75, 3.05) is 10.7 Å². The maximum atomic E-state index is 13.0. The summed E-state index contributed by atoms with van der Waals surface area (Å²) in [5.74, 6) is -1.24. The predicted octanol–water partition coefficient (Wildman–Crippen LogP) is 3.36. The van der Waals surface area contributed by atoms with Crippen LogP contribution in [0.2, 0.25) is 5.02 Å². The Hall–Kier alpha value is -2.66. The van der Waals surface area contributed by atoms with Crippen LogP contribution in [0.4, 0.5) is 19.0 Å². The van der Waals surface area contributed by atoms with Gasteiger partial charge in [-0.3, -0.25) is 14.7 Å². The number of amides is 1. The number of anilines is 1. The van der Waals surface area contributed by atoms with Gasteiger partial charge in [0.05, 0.1) is 34.6 Å². The van der Waals surface area contributed by atoms with Crippen LogP contribution in [-0.2, 0) is 22.6 Å². The van der Waals surface area contributed by atoms with Crippen molar-refractivity contribution in [3.63, 3.8) is 0 Å². The van der Waals surface area contributed by atoms with Crippen molar-refractivity contribution in [1.29, 1.82) is 0 Å². The van der Waals surface area contributed by atoms with Crippen LogP contribution in [0.5, 0.6) is 0 Å². The van der Waals surface area contributed by atoms with Crippen LogP contribution < -0.4 is 4.90 Å².